The Balaban J connectivity index is 1.45. The van der Waals surface area contributed by atoms with Gasteiger partial charge in [-0.05, 0) is 42.8 Å². The highest BCUT2D eigenvalue weighted by atomic mass is 32.2. The highest BCUT2D eigenvalue weighted by Crippen LogP contribution is 2.29. The summed E-state index contributed by atoms with van der Waals surface area (Å²) in [6.07, 6.45) is 1.88. The lowest BCUT2D eigenvalue weighted by Crippen LogP contribution is -2.23. The standard InChI is InChI=1S/C18H20N4O3S3/c1-28(23,24)19-12-5-13-26-18-22-21-17(27-18)20-14-8-10-16(11-9-14)25-15-6-3-2-4-7-15/h2-4,6-11,19H,5,12-13H2,1H3,(H,20,21). The molecule has 3 rings (SSSR count). The summed E-state index contributed by atoms with van der Waals surface area (Å²) in [5.41, 5.74) is 0.894. The number of ether oxygens (including phenoxy) is 1. The van der Waals surface area contributed by atoms with Crippen molar-refractivity contribution in [1.82, 2.24) is 14.9 Å². The molecule has 0 aliphatic heterocycles. The Kier molecular flexibility index (Phi) is 7.26. The van der Waals surface area contributed by atoms with Crippen LogP contribution in [0.4, 0.5) is 10.8 Å². The molecule has 2 N–H and O–H groups in total. The maximum atomic E-state index is 11.0. The van der Waals surface area contributed by atoms with Crippen LogP contribution in [0.1, 0.15) is 6.42 Å². The van der Waals surface area contributed by atoms with Gasteiger partial charge < -0.3 is 10.1 Å². The van der Waals surface area contributed by atoms with E-state index in [0.717, 1.165) is 40.0 Å². The number of hydrogen-bond donors (Lipinski definition) is 2. The second kappa shape index (κ2) is 9.87. The first-order valence-corrected chi connectivity index (χ1v) is 12.2. The Morgan fingerprint density at radius 3 is 2.46 bits per heavy atom. The van der Waals surface area contributed by atoms with Crippen molar-refractivity contribution < 1.29 is 13.2 Å². The van der Waals surface area contributed by atoms with Crippen LogP contribution in [0.2, 0.25) is 0 Å². The van der Waals surface area contributed by atoms with E-state index >= 15 is 0 Å². The Hall–Kier alpha value is -2.14. The molecule has 0 aliphatic carbocycles. The normalized spacial score (nSPS) is 11.3. The molecule has 0 aliphatic rings. The number of hydrogen-bond acceptors (Lipinski definition) is 8. The number of nitrogens with zero attached hydrogens (tertiary/aromatic N) is 2. The second-order valence-electron chi connectivity index (χ2n) is 5.81. The first-order valence-electron chi connectivity index (χ1n) is 8.49. The molecule has 1 aromatic heterocycles. The van der Waals surface area contributed by atoms with Gasteiger partial charge in [-0.25, -0.2) is 13.1 Å². The molecule has 0 saturated carbocycles. The van der Waals surface area contributed by atoms with E-state index in [-0.39, 0.29) is 0 Å². The van der Waals surface area contributed by atoms with Gasteiger partial charge in [-0.15, -0.1) is 10.2 Å². The summed E-state index contributed by atoms with van der Waals surface area (Å²) < 4.78 is 31.1. The predicted molar refractivity (Wildman–Crippen MR) is 114 cm³/mol. The molecule has 0 unspecified atom stereocenters. The van der Waals surface area contributed by atoms with Crippen LogP contribution in [0.25, 0.3) is 0 Å². The Morgan fingerprint density at radius 2 is 1.75 bits per heavy atom. The third-order valence-electron chi connectivity index (χ3n) is 3.40. The van der Waals surface area contributed by atoms with E-state index in [1.54, 1.807) is 11.8 Å². The monoisotopic (exact) mass is 436 g/mol. The van der Waals surface area contributed by atoms with Crippen molar-refractivity contribution in [1.29, 1.82) is 0 Å². The van der Waals surface area contributed by atoms with Gasteiger partial charge in [0, 0.05) is 18.0 Å². The molecule has 7 nitrogen and oxygen atoms in total. The summed E-state index contributed by atoms with van der Waals surface area (Å²) in [5.74, 6) is 2.32. The fourth-order valence-corrected chi connectivity index (χ4v) is 4.46. The lowest BCUT2D eigenvalue weighted by molar-refractivity contribution is 0.483. The van der Waals surface area contributed by atoms with Crippen molar-refractivity contribution in [3.63, 3.8) is 0 Å². The zero-order valence-electron chi connectivity index (χ0n) is 15.2. The summed E-state index contributed by atoms with van der Waals surface area (Å²) in [6.45, 7) is 0.424. The average Bonchev–Trinajstić information content (AvgIpc) is 3.10. The van der Waals surface area contributed by atoms with Gasteiger partial charge in [0.15, 0.2) is 4.34 Å². The van der Waals surface area contributed by atoms with Crippen LogP contribution in [0.15, 0.2) is 58.9 Å². The lowest BCUT2D eigenvalue weighted by Gasteiger charge is -2.06. The van der Waals surface area contributed by atoms with Crippen molar-refractivity contribution in [2.75, 3.05) is 23.9 Å². The van der Waals surface area contributed by atoms with Gasteiger partial charge in [0.1, 0.15) is 11.5 Å². The van der Waals surface area contributed by atoms with E-state index in [2.05, 4.69) is 20.2 Å². The molecule has 0 radical (unpaired) electrons. The van der Waals surface area contributed by atoms with Gasteiger partial charge in [0.25, 0.3) is 0 Å². The number of para-hydroxylation sites is 1. The van der Waals surface area contributed by atoms with E-state index < -0.39 is 10.0 Å². The van der Waals surface area contributed by atoms with Crippen LogP contribution < -0.4 is 14.8 Å². The van der Waals surface area contributed by atoms with Crippen molar-refractivity contribution in [2.24, 2.45) is 0 Å². The SMILES string of the molecule is CS(=O)(=O)NCCCSc1nnc(Nc2ccc(Oc3ccccc3)cc2)s1. The Labute approximate surface area is 172 Å². The zero-order valence-corrected chi connectivity index (χ0v) is 17.6. The number of thioether (sulfide) groups is 1. The van der Waals surface area contributed by atoms with Crippen molar-refractivity contribution in [3.05, 3.63) is 54.6 Å². The Morgan fingerprint density at radius 1 is 1.04 bits per heavy atom. The maximum absolute atomic E-state index is 11.0. The van der Waals surface area contributed by atoms with Crippen LogP contribution in [-0.4, -0.2) is 37.2 Å². The minimum atomic E-state index is -3.12. The molecule has 0 bridgehead atoms. The molecule has 2 aromatic carbocycles. The van der Waals surface area contributed by atoms with E-state index in [1.807, 2.05) is 54.6 Å². The lowest BCUT2D eigenvalue weighted by atomic mass is 10.3. The summed E-state index contributed by atoms with van der Waals surface area (Å²) in [6, 6.07) is 17.2. The van der Waals surface area contributed by atoms with Gasteiger partial charge in [-0.1, -0.05) is 41.3 Å². The minimum absolute atomic E-state index is 0.424. The highest BCUT2D eigenvalue weighted by molar-refractivity contribution is 8.01. The van der Waals surface area contributed by atoms with Crippen molar-refractivity contribution in [2.45, 2.75) is 10.8 Å². The number of benzene rings is 2. The summed E-state index contributed by atoms with van der Waals surface area (Å²) in [5, 5.41) is 12.2. The molecule has 0 atom stereocenters. The fraction of sp³-hybridized carbons (Fsp3) is 0.222. The highest BCUT2D eigenvalue weighted by Gasteiger charge is 2.06. The second-order valence-corrected chi connectivity index (χ2v) is 9.96. The molecule has 0 amide bonds. The van der Waals surface area contributed by atoms with Gasteiger partial charge in [-0.2, -0.15) is 0 Å². The largest absolute Gasteiger partial charge is 0.457 e. The Bertz CT molecular complexity index is 977. The van der Waals surface area contributed by atoms with Gasteiger partial charge in [0.05, 0.1) is 6.26 Å². The van der Waals surface area contributed by atoms with Crippen molar-refractivity contribution >= 4 is 43.9 Å². The fourth-order valence-electron chi connectivity index (χ4n) is 2.16. The first-order chi connectivity index (χ1) is 13.5. The van der Waals surface area contributed by atoms with Crippen LogP contribution in [0.5, 0.6) is 11.5 Å². The number of aromatic nitrogens is 2. The molecule has 0 saturated heterocycles. The van der Waals surface area contributed by atoms with Crippen molar-refractivity contribution in [3.8, 4) is 11.5 Å². The molecule has 148 valence electrons. The molecule has 10 heteroatoms. The van der Waals surface area contributed by atoms with E-state index in [1.165, 1.54) is 11.3 Å². The molecule has 0 spiro atoms. The van der Waals surface area contributed by atoms with Gasteiger partial charge in [0.2, 0.25) is 15.2 Å². The van der Waals surface area contributed by atoms with Crippen LogP contribution >= 0.6 is 23.1 Å². The number of nitrogens with one attached hydrogen (secondary N) is 2. The van der Waals surface area contributed by atoms with E-state index in [0.29, 0.717) is 11.7 Å². The quantitative estimate of drug-likeness (QED) is 0.365. The predicted octanol–water partition coefficient (Wildman–Crippen LogP) is 4.11. The third kappa shape index (κ3) is 7.12. The summed E-state index contributed by atoms with van der Waals surface area (Å²) in [7, 11) is -3.12. The topological polar surface area (TPSA) is 93.2 Å². The molecular weight excluding hydrogens is 416 g/mol. The van der Waals surface area contributed by atoms with Crippen LogP contribution in [-0.2, 0) is 10.0 Å². The molecular formula is C18H20N4O3S3. The maximum Gasteiger partial charge on any atom is 0.210 e. The number of sulfonamides is 1. The van der Waals surface area contributed by atoms with Gasteiger partial charge >= 0.3 is 0 Å². The molecule has 0 fully saturated rings. The third-order valence-corrected chi connectivity index (χ3v) is 6.19. The average molecular weight is 437 g/mol. The van der Waals surface area contributed by atoms with Crippen LogP contribution in [0, 0.1) is 0 Å². The summed E-state index contributed by atoms with van der Waals surface area (Å²) in [4.78, 5) is 0. The molecule has 1 heterocycles. The van der Waals surface area contributed by atoms with E-state index in [9.17, 15) is 8.42 Å². The number of anilines is 2. The van der Waals surface area contributed by atoms with E-state index in [4.69, 9.17) is 4.74 Å². The zero-order chi connectivity index (χ0) is 19.8. The first kappa shape index (κ1) is 20.6. The minimum Gasteiger partial charge on any atom is -0.457 e. The molecule has 28 heavy (non-hydrogen) atoms. The smallest absolute Gasteiger partial charge is 0.210 e. The molecule has 3 aromatic rings. The number of rotatable bonds is 10. The van der Waals surface area contributed by atoms with Gasteiger partial charge in [-0.3, -0.25) is 0 Å². The van der Waals surface area contributed by atoms with Crippen LogP contribution in [0.3, 0.4) is 0 Å². The summed E-state index contributed by atoms with van der Waals surface area (Å²) >= 11 is 3.01.